The molecule has 0 N–H and O–H groups in total. The van der Waals surface area contributed by atoms with E-state index in [0.717, 1.165) is 35.9 Å². The number of aryl methyl sites for hydroxylation is 3. The average molecular weight is 470 g/mol. The topological polar surface area (TPSA) is 57.9 Å². The Balaban J connectivity index is 1.59. The fourth-order valence-corrected chi connectivity index (χ4v) is 4.15. The van der Waals surface area contributed by atoms with Crippen LogP contribution in [0, 0.1) is 13.8 Å². The summed E-state index contributed by atoms with van der Waals surface area (Å²) >= 11 is 0. The zero-order chi connectivity index (χ0) is 24.8. The van der Waals surface area contributed by atoms with Gasteiger partial charge in [0.15, 0.2) is 0 Å². The van der Waals surface area contributed by atoms with E-state index in [1.165, 1.54) is 62.3 Å². The van der Waals surface area contributed by atoms with Crippen molar-refractivity contribution in [3.05, 3.63) is 53.0 Å². The Morgan fingerprint density at radius 2 is 1.65 bits per heavy atom. The van der Waals surface area contributed by atoms with Gasteiger partial charge >= 0.3 is 0 Å². The van der Waals surface area contributed by atoms with Crippen molar-refractivity contribution in [3.63, 3.8) is 0 Å². The number of imidazole rings is 1. The molecule has 34 heavy (non-hydrogen) atoms. The molecule has 188 valence electrons. The van der Waals surface area contributed by atoms with Gasteiger partial charge in [-0.25, -0.2) is 4.98 Å². The number of benzene rings is 1. The summed E-state index contributed by atoms with van der Waals surface area (Å²) in [7, 11) is 3.47. The van der Waals surface area contributed by atoms with Crippen molar-refractivity contribution in [2.75, 3.05) is 20.3 Å². The molecular weight excluding hydrogens is 426 g/mol. The van der Waals surface area contributed by atoms with Crippen LogP contribution in [0.4, 0.5) is 0 Å². The van der Waals surface area contributed by atoms with E-state index >= 15 is 0 Å². The highest BCUT2D eigenvalue weighted by Crippen LogP contribution is 2.24. The normalized spacial score (nSPS) is 11.9. The van der Waals surface area contributed by atoms with Crippen molar-refractivity contribution < 1.29 is 14.3 Å². The van der Waals surface area contributed by atoms with Crippen molar-refractivity contribution in [2.24, 2.45) is 12.2 Å². The van der Waals surface area contributed by atoms with E-state index in [1.54, 1.807) is 6.33 Å². The van der Waals surface area contributed by atoms with E-state index in [0.29, 0.717) is 13.2 Å². The molecule has 0 saturated heterocycles. The summed E-state index contributed by atoms with van der Waals surface area (Å²) in [5.74, 6) is 1.72. The molecule has 0 fully saturated rings. The van der Waals surface area contributed by atoms with Gasteiger partial charge < -0.3 is 18.9 Å². The fraction of sp³-hybridized carbons (Fsp3) is 0.571. The zero-order valence-electron chi connectivity index (χ0n) is 22.0. The monoisotopic (exact) mass is 469 g/mol. The number of hydrogen-bond acceptors (Lipinski definition) is 5. The van der Waals surface area contributed by atoms with Gasteiger partial charge in [0.05, 0.1) is 12.9 Å². The third-order valence-electron chi connectivity index (χ3n) is 6.02. The third kappa shape index (κ3) is 8.88. The lowest BCUT2D eigenvalue weighted by molar-refractivity contribution is 0.213. The van der Waals surface area contributed by atoms with Gasteiger partial charge in [-0.05, 0) is 75.8 Å². The summed E-state index contributed by atoms with van der Waals surface area (Å²) in [5.41, 5.74) is 5.63. The molecule has 0 aliphatic heterocycles. The van der Waals surface area contributed by atoms with E-state index in [2.05, 4.69) is 36.1 Å². The minimum atomic E-state index is 0.633. The van der Waals surface area contributed by atoms with Gasteiger partial charge in [0.2, 0.25) is 5.88 Å². The Morgan fingerprint density at radius 3 is 2.29 bits per heavy atom. The first kappa shape index (κ1) is 27.5. The molecule has 0 radical (unpaired) electrons. The Kier molecular flexibility index (Phi) is 12.3. The smallest absolute Gasteiger partial charge is 0.223 e. The Hall–Kier alpha value is -2.76. The molecule has 0 spiro atoms. The number of unbranched alkanes of at least 4 members (excludes halogenated alkanes) is 6. The summed E-state index contributed by atoms with van der Waals surface area (Å²) in [6, 6.07) is 4.35. The maximum Gasteiger partial charge on any atom is 0.223 e. The Labute approximate surface area is 206 Å². The van der Waals surface area contributed by atoms with Crippen molar-refractivity contribution >= 4 is 5.71 Å². The fourth-order valence-electron chi connectivity index (χ4n) is 4.15. The lowest BCUT2D eigenvalue weighted by Crippen LogP contribution is -2.06. The molecule has 0 unspecified atom stereocenters. The maximum absolute atomic E-state index is 5.98. The molecule has 6 nitrogen and oxygen atoms in total. The van der Waals surface area contributed by atoms with Gasteiger partial charge in [0.25, 0.3) is 0 Å². The van der Waals surface area contributed by atoms with Crippen LogP contribution in [0.3, 0.4) is 0 Å². The first-order valence-electron chi connectivity index (χ1n) is 12.5. The van der Waals surface area contributed by atoms with Crippen LogP contribution < -0.4 is 9.47 Å². The van der Waals surface area contributed by atoms with Crippen LogP contribution in [0.5, 0.6) is 11.6 Å². The van der Waals surface area contributed by atoms with Gasteiger partial charge in [-0.2, -0.15) is 0 Å². The summed E-state index contributed by atoms with van der Waals surface area (Å²) in [6.45, 7) is 9.61. The molecule has 1 heterocycles. The van der Waals surface area contributed by atoms with Gasteiger partial charge in [-0.15, -0.1) is 0 Å². The highest BCUT2D eigenvalue weighted by atomic mass is 16.6. The molecule has 2 rings (SSSR count). The van der Waals surface area contributed by atoms with Crippen LogP contribution in [-0.4, -0.2) is 35.6 Å². The lowest BCUT2D eigenvalue weighted by Gasteiger charge is -2.13. The predicted octanol–water partition coefficient (Wildman–Crippen LogP) is 6.71. The molecule has 0 aliphatic carbocycles. The van der Waals surface area contributed by atoms with Crippen molar-refractivity contribution in [2.45, 2.75) is 79.1 Å². The van der Waals surface area contributed by atoms with Crippen LogP contribution in [0.15, 0.2) is 35.8 Å². The first-order chi connectivity index (χ1) is 16.5. The van der Waals surface area contributed by atoms with Crippen molar-refractivity contribution in [3.8, 4) is 11.6 Å². The van der Waals surface area contributed by atoms with Crippen LogP contribution in [0.1, 0.15) is 81.2 Å². The van der Waals surface area contributed by atoms with E-state index in [4.69, 9.17) is 14.3 Å². The zero-order valence-corrected chi connectivity index (χ0v) is 22.0. The molecule has 0 amide bonds. The summed E-state index contributed by atoms with van der Waals surface area (Å²) < 4.78 is 13.7. The molecule has 6 heteroatoms. The number of rotatable bonds is 16. The second kappa shape index (κ2) is 15.2. The highest BCUT2D eigenvalue weighted by Gasteiger charge is 2.13. The number of aromatic nitrogens is 2. The van der Waals surface area contributed by atoms with E-state index in [-0.39, 0.29) is 0 Å². The Morgan fingerprint density at radius 1 is 1.00 bits per heavy atom. The molecule has 0 atom stereocenters. The van der Waals surface area contributed by atoms with Gasteiger partial charge in [-0.1, -0.05) is 49.4 Å². The number of oxime groups is 1. The number of hydrogen-bond donors (Lipinski definition) is 0. The highest BCUT2D eigenvalue weighted by molar-refractivity contribution is 5.98. The largest absolute Gasteiger partial charge is 0.490 e. The molecule has 1 aromatic carbocycles. The molecule has 2 aromatic rings. The van der Waals surface area contributed by atoms with Gasteiger partial charge in [0.1, 0.15) is 30.9 Å². The van der Waals surface area contributed by atoms with E-state index < -0.39 is 0 Å². The number of ether oxygens (including phenoxy) is 2. The minimum Gasteiger partial charge on any atom is -0.490 e. The lowest BCUT2D eigenvalue weighted by atomic mass is 9.96. The molecule has 0 saturated carbocycles. The first-order valence-corrected chi connectivity index (χ1v) is 12.5. The summed E-state index contributed by atoms with van der Waals surface area (Å²) in [4.78, 5) is 9.22. The second-order valence-corrected chi connectivity index (χ2v) is 8.86. The predicted molar refractivity (Wildman–Crippen MR) is 140 cm³/mol. The second-order valence-electron chi connectivity index (χ2n) is 8.86. The molecule has 0 aliphatic rings. The van der Waals surface area contributed by atoms with Crippen LogP contribution >= 0.6 is 0 Å². The summed E-state index contributed by atoms with van der Waals surface area (Å²) in [5, 5.41) is 3.96. The quantitative estimate of drug-likeness (QED) is 0.119. The van der Waals surface area contributed by atoms with Crippen LogP contribution in [0.25, 0.3) is 0 Å². The third-order valence-corrected chi connectivity index (χ3v) is 6.02. The summed E-state index contributed by atoms with van der Waals surface area (Å²) in [6.07, 6.45) is 15.5. The van der Waals surface area contributed by atoms with Crippen molar-refractivity contribution in [1.82, 2.24) is 9.55 Å². The number of nitrogens with zero attached hydrogens (tertiary/aromatic N) is 3. The van der Waals surface area contributed by atoms with E-state index in [1.807, 2.05) is 37.6 Å². The maximum atomic E-state index is 5.98. The Bertz CT molecular complexity index is 908. The van der Waals surface area contributed by atoms with Crippen LogP contribution in [0.2, 0.25) is 0 Å². The molecule has 0 bridgehead atoms. The van der Waals surface area contributed by atoms with Crippen LogP contribution in [-0.2, 0) is 18.3 Å². The van der Waals surface area contributed by atoms with Gasteiger partial charge in [-0.3, -0.25) is 0 Å². The average Bonchev–Trinajstić information content (AvgIpc) is 3.17. The standard InChI is InChI=1S/C28H43N3O3/c1-7-8-17-33-25-19-22(2)26(23(3)20-25)16-14-12-10-9-11-13-15-18-34-28-27(24(4)30-32-6)29-21-31(28)5/h7-8,19-21H,9-18H2,1-6H3/b8-7+,30-24?. The van der Waals surface area contributed by atoms with Crippen molar-refractivity contribution in [1.29, 1.82) is 0 Å². The number of allylic oxidation sites excluding steroid dienone is 1. The van der Waals surface area contributed by atoms with E-state index in [9.17, 15) is 0 Å². The van der Waals surface area contributed by atoms with Gasteiger partial charge in [0, 0.05) is 7.05 Å². The minimum absolute atomic E-state index is 0.633. The molecule has 1 aromatic heterocycles. The molecular formula is C28H43N3O3. The SMILES string of the molecule is C/C=C/COc1cc(C)c(CCCCCCCCCOc2c(C(C)=NOC)ncn2C)c(C)c1.